The number of carboxylic acid groups (broad SMARTS) is 1. The molecule has 1 aromatic carbocycles. The summed E-state index contributed by atoms with van der Waals surface area (Å²) in [5, 5.41) is 15.0. The van der Waals surface area contributed by atoms with Crippen LogP contribution in [-0.4, -0.2) is 38.1 Å². The van der Waals surface area contributed by atoms with Gasteiger partial charge in [-0.15, -0.1) is 0 Å². The molecule has 0 aliphatic heterocycles. The zero-order chi connectivity index (χ0) is 26.3. The second-order valence-corrected chi connectivity index (χ2v) is 17.0. The third kappa shape index (κ3) is 12.5. The number of carbonyl (C=O) groups is 2. The Kier molecular flexibility index (Phi) is 13.4. The molecule has 1 N–H and O–H groups in total. The topological polar surface area (TPSA) is 87.7 Å². The van der Waals surface area contributed by atoms with Crippen molar-refractivity contribution in [3.05, 3.63) is 35.9 Å². The Morgan fingerprint density at radius 2 is 1.54 bits per heavy atom. The van der Waals surface area contributed by atoms with Crippen LogP contribution in [0.5, 0.6) is 0 Å². The Labute approximate surface area is 226 Å². The quantitative estimate of drug-likeness (QED) is 0.472. The van der Waals surface area contributed by atoms with Gasteiger partial charge in [0.2, 0.25) is 0 Å². The minimum Gasteiger partial charge on any atom is -0.550 e. The van der Waals surface area contributed by atoms with Gasteiger partial charge in [0, 0.05) is 11.9 Å². The summed E-state index contributed by atoms with van der Waals surface area (Å²) in [5.41, 5.74) is 0.378. The van der Waals surface area contributed by atoms with Crippen LogP contribution in [-0.2, 0) is 20.4 Å². The Bertz CT molecular complexity index is 787. The average molecular weight is 500 g/mol. The molecular weight excluding hydrogens is 453 g/mol. The molecule has 0 saturated carbocycles. The van der Waals surface area contributed by atoms with Crippen molar-refractivity contribution < 1.29 is 42.7 Å². The second-order valence-electron chi connectivity index (χ2n) is 12.2. The number of carboxylic acids is 1. The van der Waals surface area contributed by atoms with Gasteiger partial charge in [-0.3, -0.25) is 0 Å². The first-order valence-electron chi connectivity index (χ1n) is 12.3. The zero-order valence-electron chi connectivity index (χ0n) is 23.9. The van der Waals surface area contributed by atoms with Crippen molar-refractivity contribution in [2.24, 2.45) is 11.8 Å². The molecule has 0 aliphatic rings. The minimum atomic E-state index is -2.29. The van der Waals surface area contributed by atoms with Gasteiger partial charge in [-0.05, 0) is 69.6 Å². The smallest absolute Gasteiger partial charge is 0.550 e. The number of rotatable bonds is 11. The molecule has 1 amide bonds. The van der Waals surface area contributed by atoms with E-state index in [9.17, 15) is 14.7 Å². The second kappa shape index (κ2) is 13.9. The SMILES string of the molecule is CC(C)C[C@H](C[C@@H](O[Si](C)(C)C(C)(C)C)[C@H](Cc1ccccc1)NC(=O)OC(C)(C)C)C(=O)[O-].[Li+]. The van der Waals surface area contributed by atoms with Crippen LogP contribution >= 0.6 is 0 Å². The number of hydrogen-bond acceptors (Lipinski definition) is 5. The molecule has 194 valence electrons. The van der Waals surface area contributed by atoms with Crippen molar-refractivity contribution >= 4 is 20.4 Å². The van der Waals surface area contributed by atoms with E-state index >= 15 is 0 Å². The minimum absolute atomic E-state index is 0. The van der Waals surface area contributed by atoms with Crippen molar-refractivity contribution in [3.8, 4) is 0 Å². The van der Waals surface area contributed by atoms with Crippen LogP contribution in [0.15, 0.2) is 30.3 Å². The molecule has 0 fully saturated rings. The average Bonchev–Trinajstić information content (AvgIpc) is 2.64. The summed E-state index contributed by atoms with van der Waals surface area (Å²) in [5.74, 6) is -1.55. The molecule has 0 aliphatic carbocycles. The number of carbonyl (C=O) groups excluding carboxylic acids is 2. The molecule has 1 rings (SSSR count). The van der Waals surface area contributed by atoms with Crippen molar-refractivity contribution in [1.29, 1.82) is 0 Å². The Morgan fingerprint density at radius 3 is 1.97 bits per heavy atom. The van der Waals surface area contributed by atoms with Gasteiger partial charge in [0.25, 0.3) is 0 Å². The molecule has 35 heavy (non-hydrogen) atoms. The first kappa shape index (κ1) is 33.7. The predicted octanol–water partition coefficient (Wildman–Crippen LogP) is 2.32. The van der Waals surface area contributed by atoms with Crippen LogP contribution in [0.4, 0.5) is 4.79 Å². The summed E-state index contributed by atoms with van der Waals surface area (Å²) in [6, 6.07) is 9.38. The molecule has 6 nitrogen and oxygen atoms in total. The molecule has 3 atom stereocenters. The van der Waals surface area contributed by atoms with Crippen LogP contribution in [0.1, 0.15) is 73.8 Å². The molecule has 0 radical (unpaired) electrons. The number of amides is 1. The van der Waals surface area contributed by atoms with Crippen LogP contribution in [0.3, 0.4) is 0 Å². The van der Waals surface area contributed by atoms with Crippen molar-refractivity contribution in [2.45, 2.75) is 111 Å². The maximum Gasteiger partial charge on any atom is 1.00 e. The number of benzene rings is 1. The largest absolute Gasteiger partial charge is 1.00 e. The molecule has 8 heteroatoms. The number of nitrogens with one attached hydrogen (secondary N) is 1. The fraction of sp³-hybridized carbons (Fsp3) is 0.704. The fourth-order valence-electron chi connectivity index (χ4n) is 3.59. The molecule has 0 heterocycles. The van der Waals surface area contributed by atoms with E-state index in [1.165, 1.54) is 0 Å². The number of alkyl carbamates (subject to hydrolysis) is 1. The summed E-state index contributed by atoms with van der Waals surface area (Å²) >= 11 is 0. The third-order valence-corrected chi connectivity index (χ3v) is 10.8. The number of hydrogen-bond donors (Lipinski definition) is 1. The number of ether oxygens (including phenoxy) is 1. The van der Waals surface area contributed by atoms with E-state index in [-0.39, 0.29) is 36.2 Å². The molecule has 0 unspecified atom stereocenters. The maximum absolute atomic E-state index is 12.8. The summed E-state index contributed by atoms with van der Waals surface area (Å²) < 4.78 is 12.4. The van der Waals surface area contributed by atoms with E-state index < -0.39 is 44.0 Å². The van der Waals surface area contributed by atoms with Gasteiger partial charge < -0.3 is 24.4 Å². The van der Waals surface area contributed by atoms with Gasteiger partial charge in [-0.2, -0.15) is 0 Å². The van der Waals surface area contributed by atoms with Gasteiger partial charge >= 0.3 is 25.0 Å². The molecular formula is C27H46LiNO5Si. The van der Waals surface area contributed by atoms with E-state index in [4.69, 9.17) is 9.16 Å². The summed E-state index contributed by atoms with van der Waals surface area (Å²) in [6.07, 6.45) is 0.215. The Hall–Kier alpha value is -1.27. The van der Waals surface area contributed by atoms with E-state index in [1.54, 1.807) is 0 Å². The molecule has 0 saturated heterocycles. The summed E-state index contributed by atoms with van der Waals surface area (Å²) in [6.45, 7) is 20.2. The van der Waals surface area contributed by atoms with Crippen molar-refractivity contribution in [2.75, 3.05) is 0 Å². The molecule has 0 spiro atoms. The van der Waals surface area contributed by atoms with Gasteiger partial charge in [0.05, 0.1) is 12.1 Å². The third-order valence-electron chi connectivity index (χ3n) is 6.31. The van der Waals surface area contributed by atoms with Crippen LogP contribution in [0.25, 0.3) is 0 Å². The number of aliphatic carboxylic acids is 1. The first-order valence-corrected chi connectivity index (χ1v) is 15.2. The maximum atomic E-state index is 12.8. The van der Waals surface area contributed by atoms with Crippen molar-refractivity contribution in [1.82, 2.24) is 5.32 Å². The zero-order valence-corrected chi connectivity index (χ0v) is 24.9. The van der Waals surface area contributed by atoms with E-state index in [1.807, 2.05) is 65.0 Å². The van der Waals surface area contributed by atoms with Gasteiger partial charge in [0.1, 0.15) is 5.60 Å². The summed E-state index contributed by atoms with van der Waals surface area (Å²) in [4.78, 5) is 24.9. The van der Waals surface area contributed by atoms with Crippen LogP contribution < -0.4 is 29.3 Å². The normalized spacial score (nSPS) is 15.1. The van der Waals surface area contributed by atoms with E-state index in [0.29, 0.717) is 12.8 Å². The van der Waals surface area contributed by atoms with E-state index in [0.717, 1.165) is 5.56 Å². The predicted molar refractivity (Wildman–Crippen MR) is 138 cm³/mol. The van der Waals surface area contributed by atoms with E-state index in [2.05, 4.69) is 39.2 Å². The van der Waals surface area contributed by atoms with Gasteiger partial charge in [0.15, 0.2) is 8.32 Å². The molecule has 0 aromatic heterocycles. The standard InChI is InChI=1S/C27H47NO5Si.Li/c1-19(2)16-21(24(29)30)18-23(33-34(9,10)27(6,7)8)22(17-20-14-12-11-13-15-20)28-25(31)32-26(3,4)5;/h11-15,19,21-23H,16-18H2,1-10H3,(H,28,31)(H,29,30);/q;+1/p-1/t21-,22+,23-;/m1./s1. The Morgan fingerprint density at radius 1 is 1.00 bits per heavy atom. The van der Waals surface area contributed by atoms with Gasteiger partial charge in [-0.25, -0.2) is 4.79 Å². The van der Waals surface area contributed by atoms with Crippen LogP contribution in [0, 0.1) is 11.8 Å². The first-order chi connectivity index (χ1) is 15.4. The van der Waals surface area contributed by atoms with Gasteiger partial charge in [-0.1, -0.05) is 65.0 Å². The fourth-order valence-corrected chi connectivity index (χ4v) is 4.96. The molecule has 1 aromatic rings. The van der Waals surface area contributed by atoms with Crippen LogP contribution in [0.2, 0.25) is 18.1 Å². The summed E-state index contributed by atoms with van der Waals surface area (Å²) in [7, 11) is -2.29. The monoisotopic (exact) mass is 499 g/mol. The Balaban J connectivity index is 0.0000116. The molecule has 0 bridgehead atoms. The van der Waals surface area contributed by atoms with Crippen molar-refractivity contribution in [3.63, 3.8) is 0 Å².